The molecule has 3 N–H and O–H groups in total. The number of aliphatic hydroxyl groups is 1. The van der Waals surface area contributed by atoms with Gasteiger partial charge in [0, 0.05) is 29.4 Å². The number of nitrogen functional groups attached to an aromatic ring is 1. The lowest BCUT2D eigenvalue weighted by Gasteiger charge is -2.34. The van der Waals surface area contributed by atoms with Crippen molar-refractivity contribution in [3.63, 3.8) is 0 Å². The maximum absolute atomic E-state index is 11.8. The number of nitrogens with zero attached hydrogens (tertiary/aromatic N) is 1. The minimum absolute atomic E-state index is 0.0825. The first kappa shape index (κ1) is 13.7. The van der Waals surface area contributed by atoms with E-state index in [1.54, 1.807) is 6.07 Å². The largest absolute Gasteiger partial charge is 0.399 e. The Balaban J connectivity index is 1.82. The van der Waals surface area contributed by atoms with E-state index in [9.17, 15) is 8.42 Å². The number of sulfonamides is 1. The second kappa shape index (κ2) is 5.48. The number of rotatable bonds is 5. The van der Waals surface area contributed by atoms with Crippen LogP contribution in [-0.4, -0.2) is 48.5 Å². The van der Waals surface area contributed by atoms with E-state index < -0.39 is 16.1 Å². The van der Waals surface area contributed by atoms with Crippen LogP contribution in [0.3, 0.4) is 0 Å². The van der Waals surface area contributed by atoms with Crippen LogP contribution < -0.4 is 5.73 Å². The number of β-amino-alcohol motifs (C(OH)–C–C–N with tert-alkyl or cyclic N) is 1. The number of hydrogen-bond acceptors (Lipinski definition) is 5. The van der Waals surface area contributed by atoms with E-state index in [0.717, 1.165) is 4.90 Å². The Labute approximate surface area is 111 Å². The highest BCUT2D eigenvalue weighted by Gasteiger charge is 2.33. The molecule has 1 fully saturated rings. The van der Waals surface area contributed by atoms with Gasteiger partial charge in [-0.25, -0.2) is 8.42 Å². The Morgan fingerprint density at radius 3 is 2.78 bits per heavy atom. The van der Waals surface area contributed by atoms with Gasteiger partial charge in [-0.05, 0) is 18.2 Å². The monoisotopic (exact) mass is 288 g/mol. The normalized spacial score (nSPS) is 17.6. The predicted octanol–water partition coefficient (Wildman–Crippen LogP) is 0.367. The van der Waals surface area contributed by atoms with Crippen molar-refractivity contribution in [2.75, 3.05) is 30.3 Å². The standard InChI is InChI=1S/C11H16N2O3S2/c12-9-2-1-3-11(6-9)17-4-5-18(15,16)13-7-10(14)8-13/h1-3,6,10,14H,4-5,7-8,12H2. The average Bonchev–Trinajstić information content (AvgIpc) is 2.24. The molecular weight excluding hydrogens is 272 g/mol. The van der Waals surface area contributed by atoms with Crippen LogP contribution in [0.2, 0.25) is 0 Å². The smallest absolute Gasteiger partial charge is 0.215 e. The van der Waals surface area contributed by atoms with Crippen LogP contribution in [-0.2, 0) is 10.0 Å². The quantitative estimate of drug-likeness (QED) is 0.604. The van der Waals surface area contributed by atoms with E-state index in [1.807, 2.05) is 18.2 Å². The zero-order chi connectivity index (χ0) is 13.2. The van der Waals surface area contributed by atoms with Crippen LogP contribution in [0.1, 0.15) is 0 Å². The van der Waals surface area contributed by atoms with E-state index in [2.05, 4.69) is 0 Å². The molecule has 1 heterocycles. The van der Waals surface area contributed by atoms with E-state index >= 15 is 0 Å². The van der Waals surface area contributed by atoms with E-state index in [4.69, 9.17) is 10.8 Å². The number of thioether (sulfide) groups is 1. The molecule has 100 valence electrons. The van der Waals surface area contributed by atoms with Gasteiger partial charge in [-0.1, -0.05) is 6.07 Å². The summed E-state index contributed by atoms with van der Waals surface area (Å²) >= 11 is 1.47. The van der Waals surface area contributed by atoms with Crippen LogP contribution in [0.15, 0.2) is 29.2 Å². The van der Waals surface area contributed by atoms with Crippen molar-refractivity contribution in [2.24, 2.45) is 0 Å². The summed E-state index contributed by atoms with van der Waals surface area (Å²) in [6.45, 7) is 0.455. The molecule has 0 spiro atoms. The zero-order valence-electron chi connectivity index (χ0n) is 9.82. The van der Waals surface area contributed by atoms with E-state index in [1.165, 1.54) is 16.1 Å². The summed E-state index contributed by atoms with van der Waals surface area (Å²) in [5.74, 6) is 0.567. The minimum atomic E-state index is -3.22. The maximum Gasteiger partial charge on any atom is 0.215 e. The summed E-state index contributed by atoms with van der Waals surface area (Å²) in [5.41, 5.74) is 6.32. The number of anilines is 1. The highest BCUT2D eigenvalue weighted by Crippen LogP contribution is 2.21. The first-order valence-corrected chi connectivity index (χ1v) is 8.21. The summed E-state index contributed by atoms with van der Waals surface area (Å²) in [6, 6.07) is 7.37. The fraction of sp³-hybridized carbons (Fsp3) is 0.455. The van der Waals surface area contributed by atoms with Gasteiger partial charge in [-0.3, -0.25) is 0 Å². The van der Waals surface area contributed by atoms with Gasteiger partial charge in [0.2, 0.25) is 10.0 Å². The van der Waals surface area contributed by atoms with Crippen molar-refractivity contribution in [3.8, 4) is 0 Å². The Morgan fingerprint density at radius 1 is 1.44 bits per heavy atom. The number of aliphatic hydroxyl groups excluding tert-OH is 1. The van der Waals surface area contributed by atoms with Gasteiger partial charge in [0.1, 0.15) is 0 Å². The topological polar surface area (TPSA) is 83.6 Å². The molecule has 0 saturated carbocycles. The molecule has 0 aliphatic carbocycles. The minimum Gasteiger partial charge on any atom is -0.399 e. The molecule has 1 aliphatic heterocycles. The second-order valence-corrected chi connectivity index (χ2v) is 7.46. The Kier molecular flexibility index (Phi) is 4.16. The van der Waals surface area contributed by atoms with Gasteiger partial charge in [0.05, 0.1) is 11.9 Å². The van der Waals surface area contributed by atoms with Crippen molar-refractivity contribution < 1.29 is 13.5 Å². The van der Waals surface area contributed by atoms with Gasteiger partial charge in [0.15, 0.2) is 0 Å². The fourth-order valence-corrected chi connectivity index (χ4v) is 4.50. The summed E-state index contributed by atoms with van der Waals surface area (Å²) < 4.78 is 24.9. The van der Waals surface area contributed by atoms with Crippen LogP contribution in [0.4, 0.5) is 5.69 Å². The lowest BCUT2D eigenvalue weighted by atomic mass is 10.2. The number of nitrogens with two attached hydrogens (primary N) is 1. The molecule has 1 aromatic rings. The van der Waals surface area contributed by atoms with Crippen LogP contribution in [0, 0.1) is 0 Å². The zero-order valence-corrected chi connectivity index (χ0v) is 11.5. The predicted molar refractivity (Wildman–Crippen MR) is 72.9 cm³/mol. The molecule has 0 amide bonds. The van der Waals surface area contributed by atoms with Crippen molar-refractivity contribution in [1.82, 2.24) is 4.31 Å². The van der Waals surface area contributed by atoms with E-state index in [-0.39, 0.29) is 18.8 Å². The third kappa shape index (κ3) is 3.38. The lowest BCUT2D eigenvalue weighted by molar-refractivity contribution is 0.0549. The molecular formula is C11H16N2O3S2. The molecule has 2 rings (SSSR count). The molecule has 0 bridgehead atoms. The highest BCUT2D eigenvalue weighted by atomic mass is 32.2. The first-order chi connectivity index (χ1) is 8.47. The summed E-state index contributed by atoms with van der Waals surface area (Å²) in [5, 5.41) is 9.09. The Bertz CT molecular complexity index is 513. The second-order valence-electron chi connectivity index (χ2n) is 4.21. The lowest BCUT2D eigenvalue weighted by Crippen LogP contribution is -2.54. The SMILES string of the molecule is Nc1cccc(SCCS(=O)(=O)N2CC(O)C2)c1. The maximum atomic E-state index is 11.8. The number of hydrogen-bond donors (Lipinski definition) is 2. The van der Waals surface area contributed by atoms with Gasteiger partial charge in [-0.15, -0.1) is 11.8 Å². The van der Waals surface area contributed by atoms with Gasteiger partial charge >= 0.3 is 0 Å². The third-order valence-electron chi connectivity index (χ3n) is 2.69. The van der Waals surface area contributed by atoms with Crippen molar-refractivity contribution in [1.29, 1.82) is 0 Å². The number of benzene rings is 1. The van der Waals surface area contributed by atoms with Crippen molar-refractivity contribution in [2.45, 2.75) is 11.0 Å². The van der Waals surface area contributed by atoms with E-state index in [0.29, 0.717) is 11.4 Å². The summed E-state index contributed by atoms with van der Waals surface area (Å²) in [7, 11) is -3.22. The molecule has 7 heteroatoms. The Hall–Kier alpha value is -0.760. The third-order valence-corrected chi connectivity index (χ3v) is 5.75. The highest BCUT2D eigenvalue weighted by molar-refractivity contribution is 8.00. The van der Waals surface area contributed by atoms with Gasteiger partial charge in [-0.2, -0.15) is 4.31 Å². The fourth-order valence-electron chi connectivity index (χ4n) is 1.64. The summed E-state index contributed by atoms with van der Waals surface area (Å²) in [6.07, 6.45) is -0.499. The van der Waals surface area contributed by atoms with Crippen LogP contribution in [0.25, 0.3) is 0 Å². The molecule has 0 aromatic heterocycles. The molecule has 5 nitrogen and oxygen atoms in total. The summed E-state index contributed by atoms with van der Waals surface area (Å²) in [4.78, 5) is 0.967. The molecule has 0 unspecified atom stereocenters. The molecule has 0 atom stereocenters. The molecule has 1 aliphatic rings. The molecule has 0 radical (unpaired) electrons. The average molecular weight is 288 g/mol. The van der Waals surface area contributed by atoms with Gasteiger partial charge < -0.3 is 10.8 Å². The van der Waals surface area contributed by atoms with Crippen LogP contribution in [0.5, 0.6) is 0 Å². The molecule has 1 aromatic carbocycles. The molecule has 18 heavy (non-hydrogen) atoms. The van der Waals surface area contributed by atoms with Crippen molar-refractivity contribution >= 4 is 27.5 Å². The first-order valence-electron chi connectivity index (χ1n) is 5.61. The van der Waals surface area contributed by atoms with Crippen LogP contribution >= 0.6 is 11.8 Å². The molecule has 1 saturated heterocycles. The van der Waals surface area contributed by atoms with Crippen molar-refractivity contribution in [3.05, 3.63) is 24.3 Å². The van der Waals surface area contributed by atoms with Gasteiger partial charge in [0.25, 0.3) is 0 Å². The Morgan fingerprint density at radius 2 is 2.17 bits per heavy atom.